The lowest BCUT2D eigenvalue weighted by atomic mass is 10.2. The minimum Gasteiger partial charge on any atom is -0.506 e. The van der Waals surface area contributed by atoms with Crippen LogP contribution in [-0.4, -0.2) is 16.1 Å². The zero-order valence-electron chi connectivity index (χ0n) is 11.4. The molecule has 3 N–H and O–H groups in total. The van der Waals surface area contributed by atoms with Crippen molar-refractivity contribution in [2.75, 3.05) is 5.32 Å². The third-order valence-electron chi connectivity index (χ3n) is 2.67. The molecule has 0 saturated heterocycles. The van der Waals surface area contributed by atoms with Crippen LogP contribution in [0.4, 0.5) is 5.69 Å². The van der Waals surface area contributed by atoms with Crippen LogP contribution in [0.3, 0.4) is 0 Å². The summed E-state index contributed by atoms with van der Waals surface area (Å²) in [6.45, 7) is 0. The monoisotopic (exact) mass is 332 g/mol. The van der Waals surface area contributed by atoms with Crippen LogP contribution in [0.1, 0.15) is 5.56 Å². The van der Waals surface area contributed by atoms with Crippen LogP contribution in [0, 0.1) is 0 Å². The maximum Gasteiger partial charge on any atom is 0.250 e. The first-order valence-corrected chi connectivity index (χ1v) is 7.17. The van der Waals surface area contributed by atoms with Crippen LogP contribution in [0.25, 0.3) is 6.08 Å². The van der Waals surface area contributed by atoms with Crippen LogP contribution in [0.15, 0.2) is 54.6 Å². The number of hydrogen-bond donors (Lipinski definition) is 3. The van der Waals surface area contributed by atoms with Gasteiger partial charge in [0.15, 0.2) is 5.11 Å². The number of anilines is 1. The number of carbonyl (C=O) groups is 1. The van der Waals surface area contributed by atoms with Crippen molar-refractivity contribution in [3.8, 4) is 5.75 Å². The van der Waals surface area contributed by atoms with E-state index in [4.69, 9.17) is 23.8 Å². The molecular formula is C16H13ClN2O2S. The Morgan fingerprint density at radius 2 is 1.91 bits per heavy atom. The van der Waals surface area contributed by atoms with Crippen molar-refractivity contribution in [3.63, 3.8) is 0 Å². The molecule has 0 spiro atoms. The highest BCUT2D eigenvalue weighted by Crippen LogP contribution is 2.26. The highest BCUT2D eigenvalue weighted by molar-refractivity contribution is 7.80. The van der Waals surface area contributed by atoms with E-state index >= 15 is 0 Å². The molecule has 112 valence electrons. The summed E-state index contributed by atoms with van der Waals surface area (Å²) in [5, 5.41) is 15.4. The van der Waals surface area contributed by atoms with Crippen molar-refractivity contribution in [3.05, 3.63) is 65.2 Å². The summed E-state index contributed by atoms with van der Waals surface area (Å²) in [5.74, 6) is -0.385. The van der Waals surface area contributed by atoms with Gasteiger partial charge in [0.2, 0.25) is 5.91 Å². The van der Waals surface area contributed by atoms with Gasteiger partial charge in [0.05, 0.1) is 5.69 Å². The topological polar surface area (TPSA) is 61.4 Å². The first-order chi connectivity index (χ1) is 10.5. The van der Waals surface area contributed by atoms with Gasteiger partial charge in [-0.2, -0.15) is 0 Å². The molecule has 2 aromatic rings. The maximum absolute atomic E-state index is 11.8. The quantitative estimate of drug-likeness (QED) is 0.457. The van der Waals surface area contributed by atoms with E-state index in [0.717, 1.165) is 5.56 Å². The van der Waals surface area contributed by atoms with Gasteiger partial charge >= 0.3 is 0 Å². The molecule has 0 aromatic heterocycles. The Balaban J connectivity index is 1.93. The first-order valence-electron chi connectivity index (χ1n) is 6.38. The predicted octanol–water partition coefficient (Wildman–Crippen LogP) is 3.57. The fourth-order valence-corrected chi connectivity index (χ4v) is 2.03. The smallest absolute Gasteiger partial charge is 0.250 e. The van der Waals surface area contributed by atoms with E-state index < -0.39 is 0 Å². The molecule has 0 unspecified atom stereocenters. The highest BCUT2D eigenvalue weighted by atomic mass is 35.5. The average molecular weight is 333 g/mol. The third kappa shape index (κ3) is 4.87. The fourth-order valence-electron chi connectivity index (χ4n) is 1.65. The normalized spacial score (nSPS) is 10.4. The molecule has 0 bridgehead atoms. The maximum atomic E-state index is 11.8. The zero-order valence-corrected chi connectivity index (χ0v) is 13.0. The number of amides is 1. The molecule has 0 fully saturated rings. The molecule has 0 aliphatic heterocycles. The predicted molar refractivity (Wildman–Crippen MR) is 93.0 cm³/mol. The highest BCUT2D eigenvalue weighted by Gasteiger charge is 2.06. The van der Waals surface area contributed by atoms with Crippen molar-refractivity contribution in [1.29, 1.82) is 0 Å². The second-order valence-electron chi connectivity index (χ2n) is 4.35. The minimum absolute atomic E-state index is 0.0131. The fraction of sp³-hybridized carbons (Fsp3) is 0. The van der Waals surface area contributed by atoms with Crippen molar-refractivity contribution in [2.24, 2.45) is 0 Å². The van der Waals surface area contributed by atoms with Crippen LogP contribution < -0.4 is 10.6 Å². The van der Waals surface area contributed by atoms with E-state index in [9.17, 15) is 9.90 Å². The van der Waals surface area contributed by atoms with Gasteiger partial charge in [-0.3, -0.25) is 10.1 Å². The standard InChI is InChI=1S/C16H13ClN2O2S/c17-12-7-8-14(20)13(10-12)18-16(22)19-15(21)9-6-11-4-2-1-3-5-11/h1-10,20H,(H2,18,19,21,22)/b9-6-. The Bertz CT molecular complexity index is 717. The number of nitrogens with one attached hydrogen (secondary N) is 2. The van der Waals surface area contributed by atoms with Gasteiger partial charge < -0.3 is 10.4 Å². The van der Waals surface area contributed by atoms with Gasteiger partial charge in [0.1, 0.15) is 5.75 Å². The summed E-state index contributed by atoms with van der Waals surface area (Å²) in [7, 11) is 0. The molecule has 4 nitrogen and oxygen atoms in total. The van der Waals surface area contributed by atoms with E-state index in [1.165, 1.54) is 18.2 Å². The van der Waals surface area contributed by atoms with Gasteiger partial charge in [-0.15, -0.1) is 0 Å². The number of rotatable bonds is 3. The molecule has 0 saturated carbocycles. The number of phenols is 1. The molecule has 0 atom stereocenters. The lowest BCUT2D eigenvalue weighted by molar-refractivity contribution is -0.115. The van der Waals surface area contributed by atoms with Crippen molar-refractivity contribution >= 4 is 46.6 Å². The summed E-state index contributed by atoms with van der Waals surface area (Å²) < 4.78 is 0. The average Bonchev–Trinajstić information content (AvgIpc) is 2.50. The lowest BCUT2D eigenvalue weighted by Gasteiger charge is -2.10. The van der Waals surface area contributed by atoms with Crippen molar-refractivity contribution < 1.29 is 9.90 Å². The molecule has 2 rings (SSSR count). The van der Waals surface area contributed by atoms with Gasteiger partial charge in [-0.05, 0) is 42.1 Å². The van der Waals surface area contributed by atoms with Crippen molar-refractivity contribution in [1.82, 2.24) is 5.32 Å². The molecule has 0 aliphatic rings. The number of thiocarbonyl (C=S) groups is 1. The van der Waals surface area contributed by atoms with Gasteiger partial charge in [0, 0.05) is 11.1 Å². The Hall–Kier alpha value is -2.37. The molecule has 0 aliphatic carbocycles. The lowest BCUT2D eigenvalue weighted by Crippen LogP contribution is -2.32. The van der Waals surface area contributed by atoms with Crippen molar-refractivity contribution in [2.45, 2.75) is 0 Å². The molecule has 1 amide bonds. The number of carbonyl (C=O) groups excluding carboxylic acids is 1. The Kier molecular flexibility index (Phi) is 5.52. The second-order valence-corrected chi connectivity index (χ2v) is 5.19. The SMILES string of the molecule is O=C(/C=C\c1ccccc1)NC(=S)Nc1cc(Cl)ccc1O. The summed E-state index contributed by atoms with van der Waals surface area (Å²) in [6.07, 6.45) is 3.05. The Morgan fingerprint density at radius 3 is 2.64 bits per heavy atom. The van der Waals surface area contributed by atoms with E-state index in [1.807, 2.05) is 30.3 Å². The number of phenolic OH excluding ortho intramolecular Hbond substituents is 1. The molecule has 0 radical (unpaired) electrons. The van der Waals surface area contributed by atoms with Crippen LogP contribution in [-0.2, 0) is 4.79 Å². The zero-order chi connectivity index (χ0) is 15.9. The largest absolute Gasteiger partial charge is 0.506 e. The van der Waals surface area contributed by atoms with E-state index in [-0.39, 0.29) is 16.8 Å². The van der Waals surface area contributed by atoms with Crippen LogP contribution in [0.5, 0.6) is 5.75 Å². The summed E-state index contributed by atoms with van der Waals surface area (Å²) in [4.78, 5) is 11.8. The number of benzene rings is 2. The van der Waals surface area contributed by atoms with Crippen LogP contribution >= 0.6 is 23.8 Å². The number of aromatic hydroxyl groups is 1. The van der Waals surface area contributed by atoms with Gasteiger partial charge in [-0.25, -0.2) is 0 Å². The number of hydrogen-bond acceptors (Lipinski definition) is 3. The summed E-state index contributed by atoms with van der Waals surface area (Å²) in [6, 6.07) is 13.9. The molecule has 2 aromatic carbocycles. The summed E-state index contributed by atoms with van der Waals surface area (Å²) in [5.41, 5.74) is 1.23. The Morgan fingerprint density at radius 1 is 1.18 bits per heavy atom. The molecular weight excluding hydrogens is 320 g/mol. The second kappa shape index (κ2) is 7.59. The number of halogens is 1. The van der Waals surface area contributed by atoms with Gasteiger partial charge in [0.25, 0.3) is 0 Å². The van der Waals surface area contributed by atoms with E-state index in [0.29, 0.717) is 10.7 Å². The minimum atomic E-state index is -0.372. The molecule has 0 heterocycles. The third-order valence-corrected chi connectivity index (χ3v) is 3.11. The van der Waals surface area contributed by atoms with Crippen LogP contribution in [0.2, 0.25) is 5.02 Å². The molecule has 6 heteroatoms. The van der Waals surface area contributed by atoms with E-state index in [2.05, 4.69) is 10.6 Å². The van der Waals surface area contributed by atoms with Gasteiger partial charge in [-0.1, -0.05) is 41.9 Å². The first kappa shape index (κ1) is 16.0. The molecule has 22 heavy (non-hydrogen) atoms. The van der Waals surface area contributed by atoms with E-state index in [1.54, 1.807) is 12.1 Å². The summed E-state index contributed by atoms with van der Waals surface area (Å²) >= 11 is 10.8. The Labute approximate surface area is 138 Å².